The lowest BCUT2D eigenvalue weighted by Crippen LogP contribution is -2.34. The van der Waals surface area contributed by atoms with Crippen LogP contribution in [0.1, 0.15) is 34.1 Å². The fourth-order valence-corrected chi connectivity index (χ4v) is 3.33. The zero-order valence-electron chi connectivity index (χ0n) is 13.1. The van der Waals surface area contributed by atoms with Crippen LogP contribution in [0.4, 0.5) is 0 Å². The summed E-state index contributed by atoms with van der Waals surface area (Å²) >= 11 is 0. The van der Waals surface area contributed by atoms with Gasteiger partial charge < -0.3 is 20.1 Å². The third-order valence-electron chi connectivity index (χ3n) is 2.46. The predicted octanol–water partition coefficient (Wildman–Crippen LogP) is 1.83. The number of nitrogens with zero attached hydrogens (tertiary/aromatic N) is 2. The van der Waals surface area contributed by atoms with Crippen molar-refractivity contribution in [2.75, 3.05) is 32.8 Å². The molecular weight excluding hydrogens is 275 g/mol. The second kappa shape index (κ2) is 12.5. The zero-order valence-corrected chi connectivity index (χ0v) is 14.0. The summed E-state index contributed by atoms with van der Waals surface area (Å²) < 4.78 is 13.9. The molecule has 0 aromatic heterocycles. The lowest BCUT2D eigenvalue weighted by atomic mass is 10.3. The molecule has 0 aliphatic heterocycles. The molecule has 0 aliphatic carbocycles. The molecule has 6 nitrogen and oxygen atoms in total. The molecule has 0 aliphatic rings. The van der Waals surface area contributed by atoms with Crippen LogP contribution in [0.2, 0.25) is 0 Å². The van der Waals surface area contributed by atoms with E-state index in [4.69, 9.17) is 20.0 Å². The third kappa shape index (κ3) is 8.80. The number of hydrogen-bond acceptors (Lipinski definition) is 6. The quantitative estimate of drug-likeness (QED) is 0.423. The molecule has 0 aromatic rings. The van der Waals surface area contributed by atoms with Gasteiger partial charge in [0.25, 0.3) is 8.53 Å². The first-order chi connectivity index (χ1) is 9.54. The standard InChI is InChI=1S/C13H29N4O2P/c1-12(2)17(13(3)4)20(18-10-5-6-14)19-11-9-16-8-7-15/h12-13,16H,5,7-11,15H2,1-4H3. The van der Waals surface area contributed by atoms with Gasteiger partial charge in [0, 0.05) is 31.7 Å². The van der Waals surface area contributed by atoms with Gasteiger partial charge in [0.2, 0.25) is 0 Å². The van der Waals surface area contributed by atoms with E-state index >= 15 is 0 Å². The highest BCUT2D eigenvalue weighted by Gasteiger charge is 2.26. The molecule has 0 bridgehead atoms. The van der Waals surface area contributed by atoms with Crippen LogP contribution in [0.25, 0.3) is 0 Å². The Morgan fingerprint density at radius 1 is 1.15 bits per heavy atom. The molecule has 0 fully saturated rings. The van der Waals surface area contributed by atoms with Crippen LogP contribution in [0, 0.1) is 11.3 Å². The Hall–Kier alpha value is -0.280. The Balaban J connectivity index is 4.34. The van der Waals surface area contributed by atoms with Crippen molar-refractivity contribution in [3.63, 3.8) is 0 Å². The molecule has 118 valence electrons. The molecule has 1 atom stereocenters. The highest BCUT2D eigenvalue weighted by molar-refractivity contribution is 7.44. The fourth-order valence-electron chi connectivity index (χ4n) is 1.74. The van der Waals surface area contributed by atoms with Crippen LogP contribution in [0.5, 0.6) is 0 Å². The van der Waals surface area contributed by atoms with Gasteiger partial charge in [-0.3, -0.25) is 0 Å². The van der Waals surface area contributed by atoms with Gasteiger partial charge in [-0.25, -0.2) is 4.67 Å². The van der Waals surface area contributed by atoms with Crippen molar-refractivity contribution < 1.29 is 9.05 Å². The van der Waals surface area contributed by atoms with E-state index in [1.807, 2.05) is 0 Å². The number of rotatable bonds is 12. The van der Waals surface area contributed by atoms with Crippen molar-refractivity contribution in [1.29, 1.82) is 5.26 Å². The normalized spacial score (nSPS) is 13.2. The smallest absolute Gasteiger partial charge is 0.259 e. The molecule has 0 saturated carbocycles. The van der Waals surface area contributed by atoms with Crippen LogP contribution in [0.15, 0.2) is 0 Å². The maximum atomic E-state index is 8.61. The van der Waals surface area contributed by atoms with Gasteiger partial charge in [0.1, 0.15) is 0 Å². The lowest BCUT2D eigenvalue weighted by molar-refractivity contribution is 0.177. The van der Waals surface area contributed by atoms with Crippen LogP contribution in [-0.4, -0.2) is 49.6 Å². The number of nitrogens with two attached hydrogens (primary N) is 1. The van der Waals surface area contributed by atoms with Crippen LogP contribution in [-0.2, 0) is 9.05 Å². The van der Waals surface area contributed by atoms with E-state index in [1.54, 1.807) is 0 Å². The van der Waals surface area contributed by atoms with E-state index in [0.717, 1.165) is 13.1 Å². The summed E-state index contributed by atoms with van der Waals surface area (Å²) in [5.74, 6) is 0. The average Bonchev–Trinajstić information content (AvgIpc) is 2.37. The molecule has 0 aromatic carbocycles. The lowest BCUT2D eigenvalue weighted by Gasteiger charge is -2.35. The Morgan fingerprint density at radius 2 is 1.75 bits per heavy atom. The highest BCUT2D eigenvalue weighted by Crippen LogP contribution is 2.45. The first-order valence-electron chi connectivity index (χ1n) is 7.16. The van der Waals surface area contributed by atoms with Gasteiger partial charge in [-0.15, -0.1) is 0 Å². The van der Waals surface area contributed by atoms with E-state index in [9.17, 15) is 0 Å². The molecular formula is C13H29N4O2P. The molecule has 7 heteroatoms. The molecule has 0 rings (SSSR count). The van der Waals surface area contributed by atoms with Crippen molar-refractivity contribution in [1.82, 2.24) is 9.99 Å². The molecule has 3 N–H and O–H groups in total. The van der Waals surface area contributed by atoms with Gasteiger partial charge in [0.15, 0.2) is 0 Å². The van der Waals surface area contributed by atoms with E-state index in [1.165, 1.54) is 0 Å². The topological polar surface area (TPSA) is 83.5 Å². The summed E-state index contributed by atoms with van der Waals surface area (Å²) in [6.07, 6.45) is 0.387. The van der Waals surface area contributed by atoms with Crippen molar-refractivity contribution in [3.05, 3.63) is 0 Å². The summed E-state index contributed by atoms with van der Waals surface area (Å²) in [5.41, 5.74) is 5.42. The van der Waals surface area contributed by atoms with Crippen molar-refractivity contribution in [2.45, 2.75) is 46.2 Å². The van der Waals surface area contributed by atoms with Gasteiger partial charge in [-0.2, -0.15) is 5.26 Å². The Bertz CT molecular complexity index is 264. The summed E-state index contributed by atoms with van der Waals surface area (Å²) in [7, 11) is -1.12. The molecule has 0 heterocycles. The third-order valence-corrected chi connectivity index (χ3v) is 4.57. The SMILES string of the molecule is CC(C)N(C(C)C)P(OCCC#N)OCCNCCN. The molecule has 0 amide bonds. The van der Waals surface area contributed by atoms with Gasteiger partial charge in [-0.1, -0.05) is 0 Å². The molecule has 0 radical (unpaired) electrons. The minimum Gasteiger partial charge on any atom is -0.329 e. The minimum absolute atomic E-state index is 0.334. The number of hydrogen-bond donors (Lipinski definition) is 2. The van der Waals surface area contributed by atoms with Crippen molar-refractivity contribution in [3.8, 4) is 6.07 Å². The van der Waals surface area contributed by atoms with Crippen molar-refractivity contribution in [2.24, 2.45) is 5.73 Å². The first-order valence-corrected chi connectivity index (χ1v) is 8.29. The monoisotopic (exact) mass is 304 g/mol. The number of nitriles is 1. The van der Waals surface area contributed by atoms with Crippen LogP contribution >= 0.6 is 8.53 Å². The maximum Gasteiger partial charge on any atom is 0.259 e. The average molecular weight is 304 g/mol. The Kier molecular flexibility index (Phi) is 12.3. The summed E-state index contributed by atoms with van der Waals surface area (Å²) in [5, 5.41) is 11.8. The van der Waals surface area contributed by atoms with E-state index < -0.39 is 8.53 Å². The zero-order chi connectivity index (χ0) is 15.4. The van der Waals surface area contributed by atoms with E-state index in [2.05, 4.69) is 43.8 Å². The fraction of sp³-hybridized carbons (Fsp3) is 0.923. The molecule has 0 spiro atoms. The first kappa shape index (κ1) is 19.7. The molecule has 20 heavy (non-hydrogen) atoms. The van der Waals surface area contributed by atoms with Crippen LogP contribution < -0.4 is 11.1 Å². The van der Waals surface area contributed by atoms with E-state index in [0.29, 0.717) is 38.3 Å². The second-order valence-corrected chi connectivity index (χ2v) is 6.37. The van der Waals surface area contributed by atoms with Crippen molar-refractivity contribution >= 4 is 8.53 Å². The van der Waals surface area contributed by atoms with Gasteiger partial charge in [-0.05, 0) is 27.7 Å². The van der Waals surface area contributed by atoms with Crippen LogP contribution in [0.3, 0.4) is 0 Å². The summed E-state index contributed by atoms with van der Waals surface area (Å²) in [4.78, 5) is 0. The number of nitrogens with one attached hydrogen (secondary N) is 1. The van der Waals surface area contributed by atoms with Gasteiger partial charge >= 0.3 is 0 Å². The summed E-state index contributed by atoms with van der Waals surface area (Å²) in [6.45, 7) is 11.6. The Morgan fingerprint density at radius 3 is 2.25 bits per heavy atom. The summed E-state index contributed by atoms with van der Waals surface area (Å²) in [6, 6.07) is 2.76. The second-order valence-electron chi connectivity index (χ2n) is 4.92. The van der Waals surface area contributed by atoms with E-state index in [-0.39, 0.29) is 0 Å². The highest BCUT2D eigenvalue weighted by atomic mass is 31.2. The largest absolute Gasteiger partial charge is 0.329 e. The maximum absolute atomic E-state index is 8.61. The molecule has 0 saturated heterocycles. The van der Waals surface area contributed by atoms with Gasteiger partial charge in [0.05, 0.1) is 25.7 Å². The predicted molar refractivity (Wildman–Crippen MR) is 83.1 cm³/mol. The minimum atomic E-state index is -1.12. The Labute approximate surface area is 124 Å². The molecule has 1 unspecified atom stereocenters.